The van der Waals surface area contributed by atoms with Crippen molar-refractivity contribution in [2.24, 2.45) is 0 Å². The molecule has 0 bridgehead atoms. The molecule has 0 saturated carbocycles. The number of aromatic nitrogens is 4. The molecular formula is C14H15N5O2. The molecule has 2 aromatic rings. The molecule has 4 rings (SSSR count). The Morgan fingerprint density at radius 1 is 1.29 bits per heavy atom. The smallest absolute Gasteiger partial charge is 0.407 e. The molecule has 1 N–H and O–H groups in total. The monoisotopic (exact) mass is 285 g/mol. The predicted molar refractivity (Wildman–Crippen MR) is 73.7 cm³/mol. The number of nitrogens with zero attached hydrogens (tertiary/aromatic N) is 5. The van der Waals surface area contributed by atoms with Crippen LogP contribution in [0.2, 0.25) is 0 Å². The fourth-order valence-electron chi connectivity index (χ4n) is 3.19. The molecule has 0 atom stereocenters. The summed E-state index contributed by atoms with van der Waals surface area (Å²) in [6, 6.07) is 2.00. The molecule has 7 heteroatoms. The van der Waals surface area contributed by atoms with Gasteiger partial charge in [-0.25, -0.2) is 4.79 Å². The number of carbonyl (C=O) groups is 1. The van der Waals surface area contributed by atoms with Crippen LogP contribution in [0.15, 0.2) is 12.3 Å². The van der Waals surface area contributed by atoms with Gasteiger partial charge in [0.15, 0.2) is 0 Å². The fraction of sp³-hybridized carbons (Fsp3) is 0.429. The Morgan fingerprint density at radius 2 is 2.19 bits per heavy atom. The number of hydrogen-bond acceptors (Lipinski definition) is 4. The summed E-state index contributed by atoms with van der Waals surface area (Å²) in [6.45, 7) is 1.73. The second kappa shape index (κ2) is 4.54. The predicted octanol–water partition coefficient (Wildman–Crippen LogP) is 1.32. The van der Waals surface area contributed by atoms with Gasteiger partial charge in [0.1, 0.15) is 5.69 Å². The van der Waals surface area contributed by atoms with E-state index in [4.69, 9.17) is 0 Å². The molecule has 0 saturated heterocycles. The zero-order valence-electron chi connectivity index (χ0n) is 11.5. The van der Waals surface area contributed by atoms with Gasteiger partial charge in [0, 0.05) is 31.3 Å². The lowest BCUT2D eigenvalue weighted by Gasteiger charge is -2.24. The van der Waals surface area contributed by atoms with Crippen LogP contribution in [0.4, 0.5) is 4.79 Å². The third-order valence-corrected chi connectivity index (χ3v) is 4.22. The van der Waals surface area contributed by atoms with Crippen molar-refractivity contribution in [2.75, 3.05) is 6.54 Å². The summed E-state index contributed by atoms with van der Waals surface area (Å²) in [5.41, 5.74) is 4.97. The topological polar surface area (TPSA) is 84.1 Å². The maximum Gasteiger partial charge on any atom is 0.407 e. The van der Waals surface area contributed by atoms with Crippen molar-refractivity contribution in [2.45, 2.75) is 32.4 Å². The Kier molecular flexibility index (Phi) is 2.66. The molecule has 2 aromatic heterocycles. The Hall–Kier alpha value is -2.44. The van der Waals surface area contributed by atoms with Crippen molar-refractivity contribution in [3.05, 3.63) is 29.1 Å². The number of aryl methyl sites for hydroxylation is 2. The zero-order chi connectivity index (χ0) is 14.4. The molecule has 0 fully saturated rings. The van der Waals surface area contributed by atoms with Crippen LogP contribution >= 0.6 is 0 Å². The molecule has 2 aliphatic rings. The van der Waals surface area contributed by atoms with Gasteiger partial charge in [-0.15, -0.1) is 5.10 Å². The minimum atomic E-state index is -0.881. The summed E-state index contributed by atoms with van der Waals surface area (Å²) in [5, 5.41) is 22.2. The summed E-state index contributed by atoms with van der Waals surface area (Å²) in [5.74, 6) is 0. The Labute approximate surface area is 121 Å². The van der Waals surface area contributed by atoms with E-state index in [9.17, 15) is 9.90 Å². The minimum Gasteiger partial charge on any atom is -0.465 e. The molecule has 0 aromatic carbocycles. The van der Waals surface area contributed by atoms with E-state index in [0.717, 1.165) is 42.0 Å². The van der Waals surface area contributed by atoms with Crippen molar-refractivity contribution in [3.8, 4) is 11.4 Å². The quantitative estimate of drug-likeness (QED) is 0.789. The SMILES string of the molecule is O=C(O)N1CCc2nn3c(c2C1)-c1nnccc1CCC3. The van der Waals surface area contributed by atoms with E-state index in [1.54, 1.807) is 6.20 Å². The minimum absolute atomic E-state index is 0.385. The van der Waals surface area contributed by atoms with Crippen LogP contribution < -0.4 is 0 Å². The lowest BCUT2D eigenvalue weighted by Crippen LogP contribution is -2.34. The van der Waals surface area contributed by atoms with E-state index in [1.165, 1.54) is 10.5 Å². The van der Waals surface area contributed by atoms with Crippen molar-refractivity contribution in [1.82, 2.24) is 24.9 Å². The van der Waals surface area contributed by atoms with Gasteiger partial charge in [-0.2, -0.15) is 10.2 Å². The lowest BCUT2D eigenvalue weighted by atomic mass is 10.0. The molecule has 0 radical (unpaired) electrons. The van der Waals surface area contributed by atoms with Crippen LogP contribution in [0.1, 0.15) is 23.2 Å². The van der Waals surface area contributed by atoms with Gasteiger partial charge in [0.05, 0.1) is 17.9 Å². The standard InChI is InChI=1S/C14H15N5O2/c20-14(21)18-7-4-11-10(8-18)13-12-9(3-5-15-16-12)2-1-6-19(13)17-11/h3,5H,1-2,4,6-8H2,(H,20,21). The van der Waals surface area contributed by atoms with Crippen LogP contribution in [0.3, 0.4) is 0 Å². The van der Waals surface area contributed by atoms with Gasteiger partial charge in [0.2, 0.25) is 0 Å². The van der Waals surface area contributed by atoms with Gasteiger partial charge >= 0.3 is 6.09 Å². The normalized spacial score (nSPS) is 16.7. The first-order valence-corrected chi connectivity index (χ1v) is 7.11. The summed E-state index contributed by atoms with van der Waals surface area (Å²) < 4.78 is 1.98. The first kappa shape index (κ1) is 12.3. The Bertz CT molecular complexity index is 724. The molecular weight excluding hydrogens is 270 g/mol. The second-order valence-corrected chi connectivity index (χ2v) is 5.46. The van der Waals surface area contributed by atoms with E-state index in [-0.39, 0.29) is 0 Å². The van der Waals surface area contributed by atoms with Crippen molar-refractivity contribution in [3.63, 3.8) is 0 Å². The number of fused-ring (bicyclic) bond motifs is 5. The summed E-state index contributed by atoms with van der Waals surface area (Å²) in [6.07, 6.45) is 3.45. The molecule has 0 unspecified atom stereocenters. The highest BCUT2D eigenvalue weighted by molar-refractivity contribution is 5.69. The summed E-state index contributed by atoms with van der Waals surface area (Å²) >= 11 is 0. The van der Waals surface area contributed by atoms with Crippen LogP contribution in [0, 0.1) is 0 Å². The first-order chi connectivity index (χ1) is 10.2. The van der Waals surface area contributed by atoms with Crippen LogP contribution in [0.5, 0.6) is 0 Å². The molecule has 21 heavy (non-hydrogen) atoms. The highest BCUT2D eigenvalue weighted by atomic mass is 16.4. The first-order valence-electron chi connectivity index (χ1n) is 7.11. The average Bonchev–Trinajstić information content (AvgIpc) is 2.74. The van der Waals surface area contributed by atoms with Crippen molar-refractivity contribution >= 4 is 6.09 Å². The molecule has 108 valence electrons. The van der Waals surface area contributed by atoms with Gasteiger partial charge in [0.25, 0.3) is 0 Å². The molecule has 0 aliphatic carbocycles. The number of rotatable bonds is 0. The number of amides is 1. The number of carboxylic acid groups (broad SMARTS) is 1. The van der Waals surface area contributed by atoms with E-state index >= 15 is 0 Å². The molecule has 1 amide bonds. The van der Waals surface area contributed by atoms with E-state index in [2.05, 4.69) is 15.3 Å². The van der Waals surface area contributed by atoms with Crippen molar-refractivity contribution < 1.29 is 9.90 Å². The van der Waals surface area contributed by atoms with Crippen LogP contribution in [0.25, 0.3) is 11.4 Å². The van der Waals surface area contributed by atoms with Crippen LogP contribution in [-0.4, -0.2) is 42.6 Å². The van der Waals surface area contributed by atoms with Gasteiger partial charge in [-0.05, 0) is 24.5 Å². The van der Waals surface area contributed by atoms with E-state index in [0.29, 0.717) is 19.5 Å². The second-order valence-electron chi connectivity index (χ2n) is 5.46. The summed E-state index contributed by atoms with van der Waals surface area (Å²) in [7, 11) is 0. The fourth-order valence-corrected chi connectivity index (χ4v) is 3.19. The molecule has 4 heterocycles. The number of hydrogen-bond donors (Lipinski definition) is 1. The van der Waals surface area contributed by atoms with Gasteiger partial charge < -0.3 is 10.0 Å². The zero-order valence-corrected chi connectivity index (χ0v) is 11.5. The van der Waals surface area contributed by atoms with E-state index in [1.807, 2.05) is 10.7 Å². The van der Waals surface area contributed by atoms with Gasteiger partial charge in [-0.3, -0.25) is 4.68 Å². The molecule has 2 aliphatic heterocycles. The highest BCUT2D eigenvalue weighted by Gasteiger charge is 2.30. The largest absolute Gasteiger partial charge is 0.465 e. The molecule has 0 spiro atoms. The summed E-state index contributed by atoms with van der Waals surface area (Å²) in [4.78, 5) is 12.7. The highest BCUT2D eigenvalue weighted by Crippen LogP contribution is 2.33. The molecule has 7 nitrogen and oxygen atoms in total. The third-order valence-electron chi connectivity index (χ3n) is 4.22. The van der Waals surface area contributed by atoms with E-state index < -0.39 is 6.09 Å². The Morgan fingerprint density at radius 3 is 3.05 bits per heavy atom. The average molecular weight is 285 g/mol. The lowest BCUT2D eigenvalue weighted by molar-refractivity contribution is 0.140. The third kappa shape index (κ3) is 1.88. The van der Waals surface area contributed by atoms with Gasteiger partial charge in [-0.1, -0.05) is 0 Å². The van der Waals surface area contributed by atoms with Crippen molar-refractivity contribution in [1.29, 1.82) is 0 Å². The maximum atomic E-state index is 11.2. The van der Waals surface area contributed by atoms with Crippen LogP contribution in [-0.2, 0) is 25.9 Å². The maximum absolute atomic E-state index is 11.2. The Balaban J connectivity index is 1.88.